The van der Waals surface area contributed by atoms with Crippen LogP contribution in [-0.2, 0) is 38.4 Å². The van der Waals surface area contributed by atoms with Crippen LogP contribution in [0.5, 0.6) is 0 Å². The second kappa shape index (κ2) is 15.3. The highest BCUT2D eigenvalue weighted by Gasteiger charge is 2.30. The van der Waals surface area contributed by atoms with Gasteiger partial charge in [0.15, 0.2) is 0 Å². The molecule has 0 fully saturated rings. The molecular weight excluding hydrogens is 584 g/mol. The zero-order chi connectivity index (χ0) is 34.3. The number of nitrogens with one attached hydrogen (secondary N) is 2. The minimum absolute atomic E-state index is 0.0518. The number of H-pyrrole nitrogens is 2. The van der Waals surface area contributed by atoms with E-state index in [-0.39, 0.29) is 30.1 Å². The fourth-order valence-corrected chi connectivity index (χ4v) is 5.80. The summed E-state index contributed by atoms with van der Waals surface area (Å²) in [7, 11) is 1.32. The van der Waals surface area contributed by atoms with Gasteiger partial charge in [-0.2, -0.15) is 0 Å². The Hall–Kier alpha value is -4.99. The summed E-state index contributed by atoms with van der Waals surface area (Å²) < 4.78 is 4.99. The van der Waals surface area contributed by atoms with Crippen molar-refractivity contribution in [2.24, 2.45) is 0 Å². The average molecular weight is 629 g/mol. The summed E-state index contributed by atoms with van der Waals surface area (Å²) in [5.74, 6) is -1.52. The summed E-state index contributed by atoms with van der Waals surface area (Å²) in [5.41, 5.74) is 11.4. The van der Waals surface area contributed by atoms with Gasteiger partial charge in [0, 0.05) is 50.5 Å². The summed E-state index contributed by atoms with van der Waals surface area (Å²) in [4.78, 5) is 50.4. The van der Waals surface area contributed by atoms with E-state index in [4.69, 9.17) is 24.6 Å². The molecule has 5 heterocycles. The zero-order valence-corrected chi connectivity index (χ0v) is 27.9. The standard InChI is InChI=1S/C32H34N4O4.C3H8.CH2O2/c1-8-19-16(4)23-12-22-15(3)10-26(33-22)21(11-29(37)40-7)31-30(32(38)39)18(6)25(36-31)14-28-20(9-2)17(5)24(35-28)13-27(19)34-23;1-3-2;2-1-3/h8,12-15,34-35H,1,9-11H2,2-7H3,(H,38,39);3H2,1-2H3;1H,(H,2,3). The first kappa shape index (κ1) is 35.5. The van der Waals surface area contributed by atoms with Crippen LogP contribution >= 0.6 is 0 Å². The fraction of sp³-hybridized carbons (Fsp3) is 0.361. The molecule has 0 aromatic carbocycles. The highest BCUT2D eigenvalue weighted by atomic mass is 16.5. The van der Waals surface area contributed by atoms with Crippen molar-refractivity contribution in [3.8, 4) is 0 Å². The normalized spacial score (nSPS) is 13.6. The summed E-state index contributed by atoms with van der Waals surface area (Å²) in [5, 5.41) is 17.2. The number of ether oxygens (including phenoxy) is 1. The van der Waals surface area contributed by atoms with Crippen LogP contribution < -0.4 is 0 Å². The van der Waals surface area contributed by atoms with Crippen LogP contribution in [0, 0.1) is 13.8 Å². The Balaban J connectivity index is 0.000000891. The molecule has 1 atom stereocenters. The molecule has 3 aromatic rings. The summed E-state index contributed by atoms with van der Waals surface area (Å²) in [6.45, 7) is 18.1. The maximum absolute atomic E-state index is 12.6. The fourth-order valence-electron chi connectivity index (χ4n) is 5.80. The van der Waals surface area contributed by atoms with Crippen LogP contribution in [0.2, 0.25) is 0 Å². The van der Waals surface area contributed by atoms with Crippen LogP contribution in [0.1, 0.15) is 97.6 Å². The van der Waals surface area contributed by atoms with Crippen LogP contribution in [0.15, 0.2) is 24.8 Å². The van der Waals surface area contributed by atoms with Crippen molar-refractivity contribution in [2.75, 3.05) is 7.11 Å². The average Bonchev–Trinajstić information content (AvgIpc) is 3.71. The van der Waals surface area contributed by atoms with Gasteiger partial charge >= 0.3 is 11.9 Å². The third kappa shape index (κ3) is 7.11. The second-order valence-corrected chi connectivity index (χ2v) is 11.3. The number of rotatable bonds is 5. The minimum atomic E-state index is -1.10. The number of aliphatic carboxylic acids is 1. The number of hydrogen-bond donors (Lipinski definition) is 4. The predicted molar refractivity (Wildman–Crippen MR) is 183 cm³/mol. The van der Waals surface area contributed by atoms with Crippen molar-refractivity contribution in [3.63, 3.8) is 0 Å². The molecule has 3 aromatic heterocycles. The number of methoxy groups -OCH3 is 1. The molecule has 0 aliphatic carbocycles. The first-order valence-corrected chi connectivity index (χ1v) is 15.4. The van der Waals surface area contributed by atoms with E-state index in [2.05, 4.69) is 64.2 Å². The molecule has 0 saturated carbocycles. The molecule has 46 heavy (non-hydrogen) atoms. The molecule has 2 aliphatic rings. The molecule has 0 saturated heterocycles. The molecule has 1 unspecified atom stereocenters. The molecule has 0 spiro atoms. The molecule has 8 bridgehead atoms. The topological polar surface area (TPSA) is 158 Å². The third-order valence-corrected chi connectivity index (χ3v) is 8.13. The number of carboxylic acids is 1. The van der Waals surface area contributed by atoms with E-state index in [1.54, 1.807) is 6.92 Å². The predicted octanol–water partition coefficient (Wildman–Crippen LogP) is 7.33. The molecular formula is C36H44N4O6. The quantitative estimate of drug-likeness (QED) is 0.169. The van der Waals surface area contributed by atoms with Crippen molar-refractivity contribution in [2.45, 2.75) is 80.1 Å². The smallest absolute Gasteiger partial charge is 0.338 e. The van der Waals surface area contributed by atoms with E-state index in [1.807, 2.05) is 18.2 Å². The Bertz CT molecular complexity index is 1860. The van der Waals surface area contributed by atoms with Crippen LogP contribution in [0.3, 0.4) is 0 Å². The molecule has 10 heteroatoms. The molecule has 2 aliphatic heterocycles. The van der Waals surface area contributed by atoms with Gasteiger partial charge in [0.05, 0.1) is 30.5 Å². The Morgan fingerprint density at radius 1 is 1.00 bits per heavy atom. The van der Waals surface area contributed by atoms with Crippen molar-refractivity contribution in [1.82, 2.24) is 19.9 Å². The molecule has 5 rings (SSSR count). The minimum Gasteiger partial charge on any atom is -0.483 e. The maximum atomic E-state index is 12.6. The number of carboxylic acid groups (broad SMARTS) is 2. The van der Waals surface area contributed by atoms with E-state index in [0.717, 1.165) is 56.4 Å². The number of aryl methyl sites for hydroxylation is 3. The number of aromatic amines is 2. The number of fused-ring (bicyclic) bond motifs is 8. The van der Waals surface area contributed by atoms with Crippen LogP contribution in [0.4, 0.5) is 0 Å². The van der Waals surface area contributed by atoms with Gasteiger partial charge in [0.2, 0.25) is 0 Å². The Morgan fingerprint density at radius 3 is 2.17 bits per heavy atom. The molecule has 0 amide bonds. The number of aromatic nitrogens is 4. The third-order valence-electron chi connectivity index (χ3n) is 8.13. The number of allylic oxidation sites excluding steroid dienone is 1. The Morgan fingerprint density at radius 2 is 1.61 bits per heavy atom. The second-order valence-electron chi connectivity index (χ2n) is 11.3. The maximum Gasteiger partial charge on any atom is 0.338 e. The Labute approximate surface area is 269 Å². The van der Waals surface area contributed by atoms with Crippen molar-refractivity contribution < 1.29 is 29.3 Å². The van der Waals surface area contributed by atoms with Gasteiger partial charge in [-0.3, -0.25) is 14.6 Å². The SMILES string of the molecule is C=Cc1c(C)c2cc3nc(c(CC(=O)OC)c4nc(cc5[nH]c(cc1[nH]2)c(C)c5CC)C(C)=C4C(=O)O)CC3C.CCC.O=CO. The molecule has 10 nitrogen and oxygen atoms in total. The van der Waals surface area contributed by atoms with Crippen molar-refractivity contribution >= 4 is 57.7 Å². The van der Waals surface area contributed by atoms with Crippen LogP contribution in [0.25, 0.3) is 39.3 Å². The number of esters is 1. The molecule has 244 valence electrons. The highest BCUT2D eigenvalue weighted by Crippen LogP contribution is 2.36. The summed E-state index contributed by atoms with van der Waals surface area (Å²) >= 11 is 0. The molecule has 4 N–H and O–H groups in total. The first-order chi connectivity index (χ1) is 21.9. The lowest BCUT2D eigenvalue weighted by Crippen LogP contribution is -2.11. The van der Waals surface area contributed by atoms with Crippen molar-refractivity contribution in [3.05, 3.63) is 75.4 Å². The van der Waals surface area contributed by atoms with Gasteiger partial charge in [-0.15, -0.1) is 0 Å². The largest absolute Gasteiger partial charge is 0.483 e. The van der Waals surface area contributed by atoms with E-state index in [1.165, 1.54) is 13.5 Å². The van der Waals surface area contributed by atoms with E-state index in [9.17, 15) is 14.7 Å². The van der Waals surface area contributed by atoms with E-state index < -0.39 is 11.9 Å². The highest BCUT2D eigenvalue weighted by molar-refractivity contribution is 6.24. The first-order valence-electron chi connectivity index (χ1n) is 15.4. The van der Waals surface area contributed by atoms with Crippen molar-refractivity contribution in [1.29, 1.82) is 0 Å². The van der Waals surface area contributed by atoms with E-state index >= 15 is 0 Å². The van der Waals surface area contributed by atoms with Gasteiger partial charge in [-0.25, -0.2) is 9.78 Å². The van der Waals surface area contributed by atoms with Gasteiger partial charge < -0.3 is 24.9 Å². The monoisotopic (exact) mass is 628 g/mol. The lowest BCUT2D eigenvalue weighted by molar-refractivity contribution is -0.140. The number of nitrogens with zero attached hydrogens (tertiary/aromatic N) is 2. The number of carbonyl (C=O) groups is 3. The zero-order valence-electron chi connectivity index (χ0n) is 27.9. The van der Waals surface area contributed by atoms with Gasteiger partial charge in [-0.05, 0) is 74.1 Å². The van der Waals surface area contributed by atoms with Crippen LogP contribution in [-0.4, -0.2) is 55.7 Å². The number of hydrogen-bond acceptors (Lipinski definition) is 6. The lowest BCUT2D eigenvalue weighted by atomic mass is 9.97. The molecule has 0 radical (unpaired) electrons. The van der Waals surface area contributed by atoms with Gasteiger partial charge in [-0.1, -0.05) is 46.8 Å². The lowest BCUT2D eigenvalue weighted by Gasteiger charge is -2.07. The van der Waals surface area contributed by atoms with Gasteiger partial charge in [0.1, 0.15) is 0 Å². The van der Waals surface area contributed by atoms with E-state index in [0.29, 0.717) is 28.9 Å². The summed E-state index contributed by atoms with van der Waals surface area (Å²) in [6.07, 6.45) is 4.32. The van der Waals surface area contributed by atoms with Gasteiger partial charge in [0.25, 0.3) is 6.47 Å². The Kier molecular flexibility index (Phi) is 11.8. The number of carbonyl (C=O) groups excluding carboxylic acids is 1. The summed E-state index contributed by atoms with van der Waals surface area (Å²) in [6, 6.07) is 6.03.